The third kappa shape index (κ3) is 8.96. The Hall–Kier alpha value is -4.32. The van der Waals surface area contributed by atoms with Crippen LogP contribution >= 0.6 is 0 Å². The highest BCUT2D eigenvalue weighted by Gasteiger charge is 2.21. The van der Waals surface area contributed by atoms with E-state index in [4.69, 9.17) is 14.2 Å². The van der Waals surface area contributed by atoms with Crippen molar-refractivity contribution < 1.29 is 23.8 Å². The van der Waals surface area contributed by atoms with E-state index in [2.05, 4.69) is 5.32 Å². The van der Waals surface area contributed by atoms with Gasteiger partial charge in [-0.15, -0.1) is 0 Å². The van der Waals surface area contributed by atoms with Crippen LogP contribution in [0.25, 0.3) is 5.57 Å². The Morgan fingerprint density at radius 2 is 1.47 bits per heavy atom. The Labute approximate surface area is 224 Å². The summed E-state index contributed by atoms with van der Waals surface area (Å²) in [4.78, 5) is 25.6. The monoisotopic (exact) mass is 513 g/mol. The molecule has 0 aliphatic heterocycles. The van der Waals surface area contributed by atoms with E-state index in [1.54, 1.807) is 26.8 Å². The number of rotatable bonds is 9. The van der Waals surface area contributed by atoms with Crippen molar-refractivity contribution in [3.05, 3.63) is 119 Å². The maximum Gasteiger partial charge on any atom is 0.412 e. The number of benzene rings is 3. The van der Waals surface area contributed by atoms with E-state index in [0.29, 0.717) is 6.61 Å². The minimum atomic E-state index is -0.739. The normalized spacial score (nSPS) is 12.0. The van der Waals surface area contributed by atoms with Gasteiger partial charge in [0.15, 0.2) is 0 Å². The van der Waals surface area contributed by atoms with Gasteiger partial charge in [0, 0.05) is 0 Å². The summed E-state index contributed by atoms with van der Waals surface area (Å²) in [6.45, 7) is 9.64. The van der Waals surface area contributed by atoms with E-state index in [-0.39, 0.29) is 12.3 Å². The van der Waals surface area contributed by atoms with Gasteiger partial charge in [-0.2, -0.15) is 0 Å². The summed E-state index contributed by atoms with van der Waals surface area (Å²) in [7, 11) is 0. The minimum absolute atomic E-state index is 0.0212. The van der Waals surface area contributed by atoms with Gasteiger partial charge in [0.25, 0.3) is 0 Å². The first-order valence-electron chi connectivity index (χ1n) is 12.5. The minimum Gasteiger partial charge on any atom is -0.489 e. The molecule has 3 aromatic carbocycles. The fourth-order valence-electron chi connectivity index (χ4n) is 3.62. The maximum absolute atomic E-state index is 13.1. The van der Waals surface area contributed by atoms with Gasteiger partial charge in [-0.25, -0.2) is 9.59 Å². The predicted molar refractivity (Wildman–Crippen MR) is 149 cm³/mol. The summed E-state index contributed by atoms with van der Waals surface area (Å²) in [5.74, 6) is 0.0726. The van der Waals surface area contributed by atoms with Gasteiger partial charge in [-0.05, 0) is 80.7 Å². The summed E-state index contributed by atoms with van der Waals surface area (Å²) < 4.78 is 16.8. The zero-order chi connectivity index (χ0) is 27.5. The van der Waals surface area contributed by atoms with Crippen LogP contribution in [0.4, 0.5) is 4.79 Å². The van der Waals surface area contributed by atoms with Crippen LogP contribution in [0.1, 0.15) is 49.9 Å². The highest BCUT2D eigenvalue weighted by molar-refractivity contribution is 5.95. The summed E-state index contributed by atoms with van der Waals surface area (Å²) in [6.07, 6.45) is 2.73. The van der Waals surface area contributed by atoms with Crippen LogP contribution in [0.5, 0.6) is 5.75 Å². The van der Waals surface area contributed by atoms with Crippen molar-refractivity contribution in [1.82, 2.24) is 5.32 Å². The van der Waals surface area contributed by atoms with Crippen molar-refractivity contribution in [3.8, 4) is 5.75 Å². The van der Waals surface area contributed by atoms with Gasteiger partial charge in [-0.1, -0.05) is 72.8 Å². The molecule has 0 aromatic heterocycles. The first-order chi connectivity index (χ1) is 18.1. The second kappa shape index (κ2) is 13.3. The lowest BCUT2D eigenvalue weighted by Gasteiger charge is -2.20. The molecular weight excluding hydrogens is 478 g/mol. The molecule has 1 amide bonds. The molecule has 0 saturated heterocycles. The fraction of sp³-hybridized carbons (Fsp3) is 0.250. The van der Waals surface area contributed by atoms with Crippen molar-refractivity contribution in [2.24, 2.45) is 0 Å². The first kappa shape index (κ1) is 28.3. The number of aryl methyl sites for hydroxylation is 1. The Balaban J connectivity index is 1.81. The van der Waals surface area contributed by atoms with Crippen LogP contribution in [-0.4, -0.2) is 17.7 Å². The van der Waals surface area contributed by atoms with Crippen molar-refractivity contribution >= 4 is 17.6 Å². The largest absolute Gasteiger partial charge is 0.489 e. The standard InChI is InChI=1S/C32H35NO5/c1-6-26(28-18-17-27(19-23(28)2)36-21-24-13-9-7-10-14-24)20-29(33-31(35)38-32(3,4)5)30(34)37-22-25-15-11-8-12-16-25/h6-20H,21-22H2,1-5H3,(H,33,35)/b26-6-,29-20-. The summed E-state index contributed by atoms with van der Waals surface area (Å²) in [5.41, 5.74) is 3.75. The number of hydrogen-bond donors (Lipinski definition) is 1. The molecule has 0 spiro atoms. The Kier molecular flexibility index (Phi) is 9.88. The summed E-state index contributed by atoms with van der Waals surface area (Å²) in [5, 5.41) is 2.57. The molecule has 0 heterocycles. The molecule has 0 radical (unpaired) electrons. The Bertz CT molecular complexity index is 1290. The van der Waals surface area contributed by atoms with E-state index < -0.39 is 17.7 Å². The molecule has 6 nitrogen and oxygen atoms in total. The Morgan fingerprint density at radius 3 is 2.03 bits per heavy atom. The highest BCUT2D eigenvalue weighted by atomic mass is 16.6. The van der Waals surface area contributed by atoms with Crippen LogP contribution in [0.15, 0.2) is 96.7 Å². The van der Waals surface area contributed by atoms with Gasteiger partial charge in [0.2, 0.25) is 0 Å². The lowest BCUT2D eigenvalue weighted by Crippen LogP contribution is -2.34. The third-order valence-corrected chi connectivity index (χ3v) is 5.44. The summed E-state index contributed by atoms with van der Waals surface area (Å²) >= 11 is 0. The van der Waals surface area contributed by atoms with E-state index in [1.165, 1.54) is 0 Å². The van der Waals surface area contributed by atoms with Crippen molar-refractivity contribution in [1.29, 1.82) is 0 Å². The van der Waals surface area contributed by atoms with Crippen LogP contribution in [-0.2, 0) is 27.5 Å². The van der Waals surface area contributed by atoms with Crippen molar-refractivity contribution in [3.63, 3.8) is 0 Å². The molecule has 0 aliphatic carbocycles. The van der Waals surface area contributed by atoms with E-state index in [1.807, 2.05) is 98.8 Å². The number of carbonyl (C=O) groups is 2. The molecule has 0 atom stereocenters. The molecule has 0 saturated carbocycles. The zero-order valence-corrected chi connectivity index (χ0v) is 22.6. The van der Waals surface area contributed by atoms with Crippen LogP contribution < -0.4 is 10.1 Å². The topological polar surface area (TPSA) is 73.9 Å². The molecular formula is C32H35NO5. The quantitative estimate of drug-likeness (QED) is 0.187. The number of esters is 1. The average molecular weight is 514 g/mol. The predicted octanol–water partition coefficient (Wildman–Crippen LogP) is 7.13. The van der Waals surface area contributed by atoms with Crippen LogP contribution in [0, 0.1) is 6.92 Å². The number of nitrogens with one attached hydrogen (secondary N) is 1. The Morgan fingerprint density at radius 1 is 0.868 bits per heavy atom. The molecule has 6 heteroatoms. The number of alkyl carbamates (subject to hydrolysis) is 1. The molecule has 198 valence electrons. The molecule has 3 aromatic rings. The highest BCUT2D eigenvalue weighted by Crippen LogP contribution is 2.26. The first-order valence-corrected chi connectivity index (χ1v) is 12.5. The molecule has 0 unspecified atom stereocenters. The second-order valence-electron chi connectivity index (χ2n) is 9.74. The SMILES string of the molecule is C/C=C(/C=C(\NC(=O)OC(C)(C)C)C(=O)OCc1ccccc1)c1ccc(OCc2ccccc2)cc1C. The van der Waals surface area contributed by atoms with Gasteiger partial charge in [0.1, 0.15) is 30.3 Å². The number of carbonyl (C=O) groups excluding carboxylic acids is 2. The van der Waals surface area contributed by atoms with E-state index in [9.17, 15) is 9.59 Å². The number of allylic oxidation sites excluding steroid dienone is 3. The number of ether oxygens (including phenoxy) is 3. The molecule has 0 bridgehead atoms. The average Bonchev–Trinajstić information content (AvgIpc) is 2.89. The summed E-state index contributed by atoms with van der Waals surface area (Å²) in [6, 6.07) is 25.1. The molecule has 1 N–H and O–H groups in total. The second-order valence-corrected chi connectivity index (χ2v) is 9.74. The van der Waals surface area contributed by atoms with Gasteiger partial charge in [-0.3, -0.25) is 5.32 Å². The third-order valence-electron chi connectivity index (χ3n) is 5.44. The lowest BCUT2D eigenvalue weighted by molar-refractivity contribution is -0.140. The number of amides is 1. The molecule has 0 aliphatic rings. The fourth-order valence-corrected chi connectivity index (χ4v) is 3.62. The van der Waals surface area contributed by atoms with Crippen molar-refractivity contribution in [2.45, 2.75) is 53.4 Å². The molecule has 38 heavy (non-hydrogen) atoms. The van der Waals surface area contributed by atoms with Crippen molar-refractivity contribution in [2.75, 3.05) is 0 Å². The van der Waals surface area contributed by atoms with E-state index >= 15 is 0 Å². The van der Waals surface area contributed by atoms with Gasteiger partial charge >= 0.3 is 12.1 Å². The number of hydrogen-bond acceptors (Lipinski definition) is 5. The lowest BCUT2D eigenvalue weighted by atomic mass is 9.99. The molecule has 3 rings (SSSR count). The zero-order valence-electron chi connectivity index (χ0n) is 22.6. The molecule has 0 fully saturated rings. The van der Waals surface area contributed by atoms with Gasteiger partial charge < -0.3 is 14.2 Å². The van der Waals surface area contributed by atoms with Gasteiger partial charge in [0.05, 0.1) is 0 Å². The smallest absolute Gasteiger partial charge is 0.412 e. The maximum atomic E-state index is 13.1. The van der Waals surface area contributed by atoms with Crippen LogP contribution in [0.2, 0.25) is 0 Å². The van der Waals surface area contributed by atoms with Crippen LogP contribution in [0.3, 0.4) is 0 Å². The van der Waals surface area contributed by atoms with E-state index in [0.717, 1.165) is 33.6 Å².